The average Bonchev–Trinajstić information content (AvgIpc) is 3.37. The van der Waals surface area contributed by atoms with Crippen LogP contribution in [0.25, 0.3) is 0 Å². The summed E-state index contributed by atoms with van der Waals surface area (Å²) in [6.45, 7) is 2.18. The average molecular weight is 327 g/mol. The number of rotatable bonds is 6. The van der Waals surface area contributed by atoms with Gasteiger partial charge in [-0.3, -0.25) is 9.59 Å². The fraction of sp³-hybridized carbons (Fsp3) is 0.375. The first-order chi connectivity index (χ1) is 10.1. The van der Waals surface area contributed by atoms with Gasteiger partial charge in [-0.1, -0.05) is 30.9 Å². The van der Waals surface area contributed by atoms with Crippen LogP contribution in [-0.4, -0.2) is 24.9 Å². The number of ether oxygens (including phenoxy) is 1. The Labute approximate surface area is 134 Å². The number of carbonyl (C=O) groups is 2. The van der Waals surface area contributed by atoms with Crippen molar-refractivity contribution in [2.24, 2.45) is 0 Å². The molecule has 0 amide bonds. The maximum Gasteiger partial charge on any atom is 0.199 e. The lowest BCUT2D eigenvalue weighted by atomic mass is 10.1. The van der Waals surface area contributed by atoms with Crippen LogP contribution >= 0.6 is 23.4 Å². The van der Waals surface area contributed by atoms with Crippen molar-refractivity contribution < 1.29 is 14.3 Å². The third kappa shape index (κ3) is 6.36. The van der Waals surface area contributed by atoms with Gasteiger partial charge in [0.2, 0.25) is 0 Å². The zero-order valence-electron chi connectivity index (χ0n) is 12.2. The summed E-state index contributed by atoms with van der Waals surface area (Å²) in [6, 6.07) is 4.90. The minimum atomic E-state index is -0.370. The summed E-state index contributed by atoms with van der Waals surface area (Å²) < 4.78 is 4.96. The van der Waals surface area contributed by atoms with Crippen molar-refractivity contribution in [3.63, 3.8) is 0 Å². The highest BCUT2D eigenvalue weighted by molar-refractivity contribution is 7.98. The summed E-state index contributed by atoms with van der Waals surface area (Å²) in [5.41, 5.74) is 0.410. The van der Waals surface area contributed by atoms with E-state index in [1.807, 2.05) is 6.26 Å². The number of Topliss-reactive ketones (excluding diaryl/α,β-unsaturated/α-hetero) is 1. The fourth-order valence-corrected chi connectivity index (χ4v) is 2.13. The Kier molecular flexibility index (Phi) is 8.16. The van der Waals surface area contributed by atoms with E-state index in [-0.39, 0.29) is 11.4 Å². The molecule has 0 saturated heterocycles. The second-order valence-corrected chi connectivity index (χ2v) is 5.64. The normalized spacial score (nSPS) is 13.0. The maximum absolute atomic E-state index is 12.0. The quantitative estimate of drug-likeness (QED) is 0.146. The Morgan fingerprint density at radius 2 is 2.05 bits per heavy atom. The second-order valence-electron chi connectivity index (χ2n) is 4.39. The molecule has 1 aromatic rings. The molecule has 114 valence electrons. The Bertz CT molecular complexity index is 521. The van der Waals surface area contributed by atoms with Crippen molar-refractivity contribution in [2.75, 3.05) is 12.9 Å². The number of aldehydes is 1. The molecule has 0 N–H and O–H groups in total. The van der Waals surface area contributed by atoms with E-state index in [9.17, 15) is 9.59 Å². The van der Waals surface area contributed by atoms with Crippen LogP contribution in [0, 0.1) is 0 Å². The first-order valence-electron chi connectivity index (χ1n) is 6.79. The fourth-order valence-electron chi connectivity index (χ4n) is 1.28. The highest BCUT2D eigenvalue weighted by Crippen LogP contribution is 2.26. The summed E-state index contributed by atoms with van der Waals surface area (Å²) in [7, 11) is 0. The molecule has 2 rings (SSSR count). The van der Waals surface area contributed by atoms with E-state index in [0.717, 1.165) is 4.90 Å². The molecule has 0 heterocycles. The van der Waals surface area contributed by atoms with E-state index in [1.165, 1.54) is 37.3 Å². The Hall–Kier alpha value is -1.26. The standard InChI is InChI=1S/C13H13ClO3S.C3H6/c1-3-17-8-10(7-15)13(16)9-4-5-11(14)12(6-9)18-2;1-2-3-1/h4-8H,3H2,1-2H3;1-3H2. The van der Waals surface area contributed by atoms with Gasteiger partial charge in [0.05, 0.1) is 23.5 Å². The lowest BCUT2D eigenvalue weighted by molar-refractivity contribution is -0.104. The van der Waals surface area contributed by atoms with Crippen LogP contribution in [0.3, 0.4) is 0 Å². The van der Waals surface area contributed by atoms with E-state index < -0.39 is 0 Å². The second kappa shape index (κ2) is 9.64. The van der Waals surface area contributed by atoms with Crippen LogP contribution in [-0.2, 0) is 9.53 Å². The first kappa shape index (κ1) is 17.8. The third-order valence-electron chi connectivity index (χ3n) is 2.53. The van der Waals surface area contributed by atoms with Gasteiger partial charge in [-0.05, 0) is 31.4 Å². The van der Waals surface area contributed by atoms with Gasteiger partial charge in [-0.2, -0.15) is 0 Å². The highest BCUT2D eigenvalue weighted by Gasteiger charge is 2.13. The predicted octanol–water partition coefficient (Wildman–Crippen LogP) is 4.53. The minimum absolute atomic E-state index is 0.00812. The van der Waals surface area contributed by atoms with Crippen molar-refractivity contribution in [1.82, 2.24) is 0 Å². The molecule has 1 aliphatic carbocycles. The number of halogens is 1. The van der Waals surface area contributed by atoms with E-state index >= 15 is 0 Å². The molecular formula is C16H19ClO3S. The van der Waals surface area contributed by atoms with Gasteiger partial charge in [0.15, 0.2) is 12.1 Å². The molecule has 5 heteroatoms. The summed E-state index contributed by atoms with van der Waals surface area (Å²) in [4.78, 5) is 23.7. The topological polar surface area (TPSA) is 43.4 Å². The Morgan fingerprint density at radius 1 is 1.38 bits per heavy atom. The zero-order valence-corrected chi connectivity index (χ0v) is 13.8. The minimum Gasteiger partial charge on any atom is -0.501 e. The Morgan fingerprint density at radius 3 is 2.52 bits per heavy atom. The van der Waals surface area contributed by atoms with Crippen LogP contribution in [0.1, 0.15) is 36.5 Å². The summed E-state index contributed by atoms with van der Waals surface area (Å²) in [5, 5.41) is 0.584. The van der Waals surface area contributed by atoms with Gasteiger partial charge in [-0.15, -0.1) is 11.8 Å². The molecular weight excluding hydrogens is 308 g/mol. The van der Waals surface area contributed by atoms with Crippen LogP contribution < -0.4 is 0 Å². The number of ketones is 1. The Balaban J connectivity index is 0.000000647. The maximum atomic E-state index is 12.0. The van der Waals surface area contributed by atoms with E-state index in [1.54, 1.807) is 25.1 Å². The first-order valence-corrected chi connectivity index (χ1v) is 8.39. The number of thioether (sulfide) groups is 1. The van der Waals surface area contributed by atoms with Gasteiger partial charge >= 0.3 is 0 Å². The lowest BCUT2D eigenvalue weighted by Gasteiger charge is -2.05. The molecule has 0 bridgehead atoms. The van der Waals surface area contributed by atoms with Crippen LogP contribution in [0.15, 0.2) is 34.9 Å². The van der Waals surface area contributed by atoms with Crippen molar-refractivity contribution in [3.8, 4) is 0 Å². The van der Waals surface area contributed by atoms with Gasteiger partial charge in [-0.25, -0.2) is 0 Å². The molecule has 0 unspecified atom stereocenters. The smallest absolute Gasteiger partial charge is 0.199 e. The zero-order chi connectivity index (χ0) is 15.7. The van der Waals surface area contributed by atoms with Gasteiger partial charge in [0, 0.05) is 10.5 Å². The van der Waals surface area contributed by atoms with Crippen LogP contribution in [0.2, 0.25) is 5.02 Å². The van der Waals surface area contributed by atoms with E-state index in [2.05, 4.69) is 0 Å². The summed E-state index contributed by atoms with van der Waals surface area (Å²) in [6.07, 6.45) is 8.04. The molecule has 1 fully saturated rings. The van der Waals surface area contributed by atoms with Gasteiger partial charge in [0.1, 0.15) is 0 Å². The number of allylic oxidation sites excluding steroid dienone is 1. The summed E-state index contributed by atoms with van der Waals surface area (Å²) in [5.74, 6) is -0.370. The van der Waals surface area contributed by atoms with Crippen LogP contribution in [0.5, 0.6) is 0 Å². The van der Waals surface area contributed by atoms with Gasteiger partial charge in [0.25, 0.3) is 0 Å². The molecule has 0 aliphatic heterocycles. The highest BCUT2D eigenvalue weighted by atomic mass is 35.5. The largest absolute Gasteiger partial charge is 0.501 e. The van der Waals surface area contributed by atoms with Crippen molar-refractivity contribution >= 4 is 35.4 Å². The molecule has 3 nitrogen and oxygen atoms in total. The SMILES string of the molecule is C1CC1.CCOC=C(C=O)C(=O)c1ccc(Cl)c(SC)c1. The van der Waals surface area contributed by atoms with Crippen molar-refractivity contribution in [3.05, 3.63) is 40.6 Å². The van der Waals surface area contributed by atoms with E-state index in [4.69, 9.17) is 16.3 Å². The molecule has 21 heavy (non-hydrogen) atoms. The molecule has 0 radical (unpaired) electrons. The summed E-state index contributed by atoms with van der Waals surface area (Å²) >= 11 is 7.40. The number of benzene rings is 1. The predicted molar refractivity (Wildman–Crippen MR) is 87.2 cm³/mol. The van der Waals surface area contributed by atoms with Crippen molar-refractivity contribution in [2.45, 2.75) is 31.1 Å². The molecule has 1 saturated carbocycles. The van der Waals surface area contributed by atoms with Gasteiger partial charge < -0.3 is 4.74 Å². The van der Waals surface area contributed by atoms with E-state index in [0.29, 0.717) is 23.5 Å². The number of hydrogen-bond donors (Lipinski definition) is 0. The molecule has 0 spiro atoms. The lowest BCUT2D eigenvalue weighted by Crippen LogP contribution is -2.05. The molecule has 1 aliphatic rings. The number of carbonyl (C=O) groups excluding carboxylic acids is 2. The molecule has 0 atom stereocenters. The third-order valence-corrected chi connectivity index (χ3v) is 3.75. The monoisotopic (exact) mass is 326 g/mol. The van der Waals surface area contributed by atoms with Crippen molar-refractivity contribution in [1.29, 1.82) is 0 Å². The van der Waals surface area contributed by atoms with Crippen LogP contribution in [0.4, 0.5) is 0 Å². The molecule has 1 aromatic carbocycles. The number of hydrogen-bond acceptors (Lipinski definition) is 4. The molecule has 0 aromatic heterocycles.